The summed E-state index contributed by atoms with van der Waals surface area (Å²) in [4.78, 5) is 43.8. The third kappa shape index (κ3) is 5.30. The Morgan fingerprint density at radius 3 is 1.65 bits per heavy atom. The van der Waals surface area contributed by atoms with E-state index >= 15 is 0 Å². The largest absolute Gasteiger partial charge is 0.466 e. The molecule has 0 aromatic carbocycles. The van der Waals surface area contributed by atoms with Gasteiger partial charge in [0, 0.05) is 13.8 Å². The Morgan fingerprint density at radius 2 is 1.35 bits per heavy atom. The van der Waals surface area contributed by atoms with Gasteiger partial charge < -0.3 is 14.2 Å². The van der Waals surface area contributed by atoms with Crippen molar-refractivity contribution in [3.8, 4) is 0 Å². The molecule has 0 aliphatic carbocycles. The molecule has 0 aromatic rings. The lowest BCUT2D eigenvalue weighted by Gasteiger charge is -2.21. The highest BCUT2D eigenvalue weighted by Crippen LogP contribution is 2.11. The van der Waals surface area contributed by atoms with E-state index in [-0.39, 0.29) is 0 Å². The van der Waals surface area contributed by atoms with E-state index in [1.165, 1.54) is 0 Å². The van der Waals surface area contributed by atoms with Gasteiger partial charge in [-0.15, -0.1) is 0 Å². The van der Waals surface area contributed by atoms with Gasteiger partial charge in [-0.1, -0.05) is 0 Å². The second-order valence-corrected chi connectivity index (χ2v) is 3.26. The lowest BCUT2D eigenvalue weighted by molar-refractivity contribution is -0.180. The van der Waals surface area contributed by atoms with Crippen molar-refractivity contribution in [3.63, 3.8) is 0 Å². The third-order valence-electron chi connectivity index (χ3n) is 1.52. The van der Waals surface area contributed by atoms with Gasteiger partial charge in [0.2, 0.25) is 12.2 Å². The van der Waals surface area contributed by atoms with Crippen LogP contribution in [-0.2, 0) is 33.4 Å². The molecule has 0 aliphatic rings. The molecule has 2 atom stereocenters. The van der Waals surface area contributed by atoms with Crippen LogP contribution in [0.1, 0.15) is 13.8 Å². The van der Waals surface area contributed by atoms with Crippen molar-refractivity contribution >= 4 is 34.8 Å². The fourth-order valence-electron chi connectivity index (χ4n) is 0.934. The summed E-state index contributed by atoms with van der Waals surface area (Å²) in [6.07, 6.45) is -3.45. The number of halogens is 1. The van der Waals surface area contributed by atoms with E-state index in [2.05, 4.69) is 14.2 Å². The minimum absolute atomic E-state index is 0.851. The molecule has 8 heteroatoms. The van der Waals surface area contributed by atoms with Gasteiger partial charge in [0.15, 0.2) is 0 Å². The maximum atomic E-state index is 11.3. The Hall–Kier alpha value is -1.63. The third-order valence-corrected chi connectivity index (χ3v) is 1.73. The molecule has 0 aromatic heterocycles. The lowest BCUT2D eigenvalue weighted by Crippen LogP contribution is -2.44. The predicted octanol–water partition coefficient (Wildman–Crippen LogP) is -0.212. The van der Waals surface area contributed by atoms with Crippen LogP contribution in [0.25, 0.3) is 0 Å². The molecular weight excluding hydrogens is 256 g/mol. The van der Waals surface area contributed by atoms with Crippen molar-refractivity contribution in [2.75, 3.05) is 7.11 Å². The summed E-state index contributed by atoms with van der Waals surface area (Å²) in [7, 11) is 1.02. The number of carbonyl (C=O) groups excluding carboxylic acids is 4. The number of carbonyl (C=O) groups is 4. The maximum absolute atomic E-state index is 11.3. The van der Waals surface area contributed by atoms with Crippen LogP contribution >= 0.6 is 11.6 Å². The van der Waals surface area contributed by atoms with E-state index in [0.29, 0.717) is 0 Å². The molecule has 0 spiro atoms. The second kappa shape index (κ2) is 6.85. The van der Waals surface area contributed by atoms with Crippen molar-refractivity contribution in [2.24, 2.45) is 0 Å². The van der Waals surface area contributed by atoms with E-state index in [0.717, 1.165) is 21.0 Å². The van der Waals surface area contributed by atoms with Crippen LogP contribution in [-0.4, -0.2) is 42.5 Å². The summed E-state index contributed by atoms with van der Waals surface area (Å²) in [6, 6.07) is 0. The Bertz CT molecular complexity index is 338. The molecular formula is C9H11ClO7. The van der Waals surface area contributed by atoms with Crippen LogP contribution in [0.5, 0.6) is 0 Å². The average Bonchev–Trinajstić information content (AvgIpc) is 2.21. The molecule has 0 amide bonds. The molecule has 0 aliphatic heterocycles. The van der Waals surface area contributed by atoms with Crippen LogP contribution < -0.4 is 0 Å². The van der Waals surface area contributed by atoms with E-state index < -0.39 is 35.4 Å². The van der Waals surface area contributed by atoms with Gasteiger partial charge in [-0.2, -0.15) is 0 Å². The van der Waals surface area contributed by atoms with E-state index in [4.69, 9.17) is 11.6 Å². The van der Waals surface area contributed by atoms with Crippen molar-refractivity contribution in [3.05, 3.63) is 0 Å². The van der Waals surface area contributed by atoms with Crippen LogP contribution in [0.2, 0.25) is 0 Å². The molecule has 0 fully saturated rings. The molecule has 0 saturated carbocycles. The van der Waals surface area contributed by atoms with Crippen molar-refractivity contribution in [1.29, 1.82) is 0 Å². The number of hydrogen-bond acceptors (Lipinski definition) is 7. The van der Waals surface area contributed by atoms with Crippen LogP contribution in [0.4, 0.5) is 0 Å². The zero-order chi connectivity index (χ0) is 13.6. The number of methoxy groups -OCH3 is 1. The molecule has 7 nitrogen and oxygen atoms in total. The SMILES string of the molecule is COC(=O)[C@H](OC(C)=O)[C@@H](OC(C)=O)C(=O)Cl. The van der Waals surface area contributed by atoms with Gasteiger partial charge in [-0.25, -0.2) is 4.79 Å². The second-order valence-electron chi connectivity index (χ2n) is 2.89. The first-order valence-electron chi connectivity index (χ1n) is 4.41. The number of rotatable bonds is 5. The van der Waals surface area contributed by atoms with Crippen LogP contribution in [0.3, 0.4) is 0 Å². The quantitative estimate of drug-likeness (QED) is 0.386. The van der Waals surface area contributed by atoms with Crippen LogP contribution in [0, 0.1) is 0 Å². The molecule has 0 heterocycles. The summed E-state index contributed by atoms with van der Waals surface area (Å²) in [5.74, 6) is -2.76. The molecule has 96 valence electrons. The Balaban J connectivity index is 5.05. The van der Waals surface area contributed by atoms with E-state index in [1.807, 2.05) is 0 Å². The fourth-order valence-corrected chi connectivity index (χ4v) is 1.09. The molecule has 0 radical (unpaired) electrons. The topological polar surface area (TPSA) is 96.0 Å². The summed E-state index contributed by atoms with van der Waals surface area (Å²) in [6.45, 7) is 2.02. The molecule has 0 unspecified atom stereocenters. The van der Waals surface area contributed by atoms with Crippen molar-refractivity contribution in [1.82, 2.24) is 0 Å². The summed E-state index contributed by atoms with van der Waals surface area (Å²) in [5, 5.41) is -1.16. The maximum Gasteiger partial charge on any atom is 0.351 e. The fraction of sp³-hybridized carbons (Fsp3) is 0.556. The minimum atomic E-state index is -1.73. The summed E-state index contributed by atoms with van der Waals surface area (Å²) < 4.78 is 13.3. The smallest absolute Gasteiger partial charge is 0.351 e. The van der Waals surface area contributed by atoms with E-state index in [1.54, 1.807) is 0 Å². The van der Waals surface area contributed by atoms with Gasteiger partial charge >= 0.3 is 17.9 Å². The molecule has 0 bridgehead atoms. The predicted molar refractivity (Wildman–Crippen MR) is 54.0 cm³/mol. The molecule has 17 heavy (non-hydrogen) atoms. The first-order chi connectivity index (χ1) is 7.79. The van der Waals surface area contributed by atoms with Gasteiger partial charge in [0.05, 0.1) is 7.11 Å². The van der Waals surface area contributed by atoms with Gasteiger partial charge in [-0.05, 0) is 11.6 Å². The summed E-state index contributed by atoms with van der Waals surface area (Å²) >= 11 is 5.15. The van der Waals surface area contributed by atoms with Crippen molar-refractivity contribution < 1.29 is 33.4 Å². The average molecular weight is 267 g/mol. The normalized spacial score (nSPS) is 13.2. The monoisotopic (exact) mass is 266 g/mol. The molecule has 0 N–H and O–H groups in total. The van der Waals surface area contributed by atoms with E-state index in [9.17, 15) is 19.2 Å². The first kappa shape index (κ1) is 15.4. The van der Waals surface area contributed by atoms with Gasteiger partial charge in [0.1, 0.15) is 0 Å². The Morgan fingerprint density at radius 1 is 0.941 bits per heavy atom. The first-order valence-corrected chi connectivity index (χ1v) is 4.79. The number of esters is 3. The Kier molecular flexibility index (Phi) is 6.19. The zero-order valence-electron chi connectivity index (χ0n) is 9.39. The van der Waals surface area contributed by atoms with Crippen LogP contribution in [0.15, 0.2) is 0 Å². The zero-order valence-corrected chi connectivity index (χ0v) is 10.1. The number of ether oxygens (including phenoxy) is 3. The summed E-state index contributed by atoms with van der Waals surface area (Å²) in [5.41, 5.74) is 0. The highest BCUT2D eigenvalue weighted by atomic mass is 35.5. The number of hydrogen-bond donors (Lipinski definition) is 0. The minimum Gasteiger partial charge on any atom is -0.466 e. The molecule has 0 saturated heterocycles. The molecule has 0 rings (SSSR count). The van der Waals surface area contributed by atoms with Gasteiger partial charge in [0.25, 0.3) is 5.24 Å². The highest BCUT2D eigenvalue weighted by molar-refractivity contribution is 6.64. The van der Waals surface area contributed by atoms with Crippen molar-refractivity contribution in [2.45, 2.75) is 26.1 Å². The lowest BCUT2D eigenvalue weighted by atomic mass is 10.2. The highest BCUT2D eigenvalue weighted by Gasteiger charge is 2.39. The van der Waals surface area contributed by atoms with Gasteiger partial charge in [-0.3, -0.25) is 14.4 Å². The Labute approximate surface area is 102 Å². The standard InChI is InChI=1S/C9H11ClO7/c1-4(11)16-6(8(10)13)7(9(14)15-3)17-5(2)12/h6-7H,1-3H3/t6-,7-/m1/s1.